The van der Waals surface area contributed by atoms with Gasteiger partial charge in [-0.2, -0.15) is 11.3 Å². The minimum Gasteiger partial charge on any atom is -0.306 e. The molecule has 2 aromatic rings. The average Bonchev–Trinajstić information content (AvgIpc) is 2.80. The SMILES string of the molecule is CCCNC(c1ccc(Br)c(C)c1)c1cscc1Br. The molecule has 0 saturated heterocycles. The molecule has 0 fully saturated rings. The molecule has 4 heteroatoms. The largest absolute Gasteiger partial charge is 0.306 e. The predicted molar refractivity (Wildman–Crippen MR) is 91.0 cm³/mol. The van der Waals surface area contributed by atoms with E-state index in [1.165, 1.54) is 21.2 Å². The molecule has 1 nitrogen and oxygen atoms in total. The monoisotopic (exact) mass is 401 g/mol. The molecule has 1 atom stereocenters. The van der Waals surface area contributed by atoms with E-state index >= 15 is 0 Å². The van der Waals surface area contributed by atoms with Gasteiger partial charge >= 0.3 is 0 Å². The standard InChI is InChI=1S/C15H17Br2NS/c1-3-6-18-15(12-8-19-9-14(12)17)11-4-5-13(16)10(2)7-11/h4-5,7-9,15,18H,3,6H2,1-2H3. The molecule has 1 aromatic carbocycles. The normalized spacial score (nSPS) is 12.6. The zero-order valence-corrected chi connectivity index (χ0v) is 15.0. The molecular weight excluding hydrogens is 386 g/mol. The summed E-state index contributed by atoms with van der Waals surface area (Å²) in [4.78, 5) is 0. The summed E-state index contributed by atoms with van der Waals surface area (Å²) in [6.45, 7) is 5.34. The Morgan fingerprint density at radius 1 is 1.21 bits per heavy atom. The summed E-state index contributed by atoms with van der Waals surface area (Å²) in [7, 11) is 0. The fourth-order valence-electron chi connectivity index (χ4n) is 2.04. The van der Waals surface area contributed by atoms with E-state index in [-0.39, 0.29) is 6.04 Å². The van der Waals surface area contributed by atoms with Crippen molar-refractivity contribution in [1.82, 2.24) is 5.32 Å². The Kier molecular flexibility index (Phi) is 5.63. The highest BCUT2D eigenvalue weighted by molar-refractivity contribution is 9.10. The van der Waals surface area contributed by atoms with Gasteiger partial charge in [-0.25, -0.2) is 0 Å². The molecule has 0 aliphatic heterocycles. The summed E-state index contributed by atoms with van der Waals surface area (Å²) in [6, 6.07) is 6.83. The van der Waals surface area contributed by atoms with E-state index in [2.05, 4.69) is 80.0 Å². The second kappa shape index (κ2) is 7.02. The van der Waals surface area contributed by atoms with Crippen LogP contribution in [0.1, 0.15) is 36.1 Å². The number of aryl methyl sites for hydroxylation is 1. The van der Waals surface area contributed by atoms with Gasteiger partial charge in [-0.3, -0.25) is 0 Å². The third-order valence-corrected chi connectivity index (χ3v) is 5.71. The van der Waals surface area contributed by atoms with Crippen LogP contribution in [0.25, 0.3) is 0 Å². The number of thiophene rings is 1. The summed E-state index contributed by atoms with van der Waals surface area (Å²) in [5.74, 6) is 0. The van der Waals surface area contributed by atoms with Crippen LogP contribution in [0.5, 0.6) is 0 Å². The van der Waals surface area contributed by atoms with Crippen LogP contribution in [0.2, 0.25) is 0 Å². The first-order chi connectivity index (χ1) is 9.13. The van der Waals surface area contributed by atoms with Gasteiger partial charge in [0.2, 0.25) is 0 Å². The highest BCUT2D eigenvalue weighted by Crippen LogP contribution is 2.33. The topological polar surface area (TPSA) is 12.0 Å². The van der Waals surface area contributed by atoms with Gasteiger partial charge in [0, 0.05) is 14.3 Å². The molecule has 2 rings (SSSR count). The number of halogens is 2. The van der Waals surface area contributed by atoms with Gasteiger partial charge in [-0.15, -0.1) is 0 Å². The molecule has 1 N–H and O–H groups in total. The molecule has 19 heavy (non-hydrogen) atoms. The van der Waals surface area contributed by atoms with Crippen molar-refractivity contribution in [2.24, 2.45) is 0 Å². The number of rotatable bonds is 5. The molecule has 0 aliphatic carbocycles. The zero-order chi connectivity index (χ0) is 13.8. The summed E-state index contributed by atoms with van der Waals surface area (Å²) in [6.07, 6.45) is 1.13. The lowest BCUT2D eigenvalue weighted by Gasteiger charge is -2.20. The van der Waals surface area contributed by atoms with Gasteiger partial charge < -0.3 is 5.32 Å². The van der Waals surface area contributed by atoms with E-state index in [4.69, 9.17) is 0 Å². The van der Waals surface area contributed by atoms with Crippen molar-refractivity contribution in [3.8, 4) is 0 Å². The zero-order valence-electron chi connectivity index (χ0n) is 11.0. The van der Waals surface area contributed by atoms with Crippen LogP contribution in [0.15, 0.2) is 37.9 Å². The van der Waals surface area contributed by atoms with Crippen LogP contribution >= 0.6 is 43.2 Å². The summed E-state index contributed by atoms with van der Waals surface area (Å²) < 4.78 is 2.35. The van der Waals surface area contributed by atoms with E-state index in [1.807, 2.05) is 0 Å². The Labute approximate surface area is 135 Å². The third kappa shape index (κ3) is 3.69. The maximum atomic E-state index is 3.65. The number of benzene rings is 1. The second-order valence-electron chi connectivity index (χ2n) is 4.57. The van der Waals surface area contributed by atoms with Gasteiger partial charge in [0.05, 0.1) is 6.04 Å². The van der Waals surface area contributed by atoms with E-state index in [0.717, 1.165) is 17.4 Å². The lowest BCUT2D eigenvalue weighted by Crippen LogP contribution is -2.23. The van der Waals surface area contributed by atoms with Crippen molar-refractivity contribution < 1.29 is 0 Å². The number of nitrogens with one attached hydrogen (secondary N) is 1. The molecular formula is C15H17Br2NS. The fourth-order valence-corrected chi connectivity index (χ4v) is 3.84. The van der Waals surface area contributed by atoms with E-state index in [1.54, 1.807) is 11.3 Å². The summed E-state index contributed by atoms with van der Waals surface area (Å²) in [5.41, 5.74) is 3.90. The van der Waals surface area contributed by atoms with Crippen molar-refractivity contribution in [3.63, 3.8) is 0 Å². The van der Waals surface area contributed by atoms with Gasteiger partial charge in [-0.1, -0.05) is 35.0 Å². The molecule has 1 aromatic heterocycles. The van der Waals surface area contributed by atoms with Gasteiger partial charge in [0.15, 0.2) is 0 Å². The Morgan fingerprint density at radius 2 is 2.00 bits per heavy atom. The number of hydrogen-bond acceptors (Lipinski definition) is 2. The van der Waals surface area contributed by atoms with Gasteiger partial charge in [-0.05, 0) is 64.0 Å². The molecule has 0 amide bonds. The molecule has 0 saturated carbocycles. The highest BCUT2D eigenvalue weighted by Gasteiger charge is 2.17. The molecule has 1 unspecified atom stereocenters. The Bertz CT molecular complexity index is 551. The molecule has 0 radical (unpaired) electrons. The lowest BCUT2D eigenvalue weighted by atomic mass is 9.99. The molecule has 0 bridgehead atoms. The maximum Gasteiger partial charge on any atom is 0.0596 e. The Hall–Kier alpha value is -0.160. The Balaban J connectivity index is 2.37. The average molecular weight is 403 g/mol. The first-order valence-electron chi connectivity index (χ1n) is 6.34. The third-order valence-electron chi connectivity index (χ3n) is 3.07. The summed E-state index contributed by atoms with van der Waals surface area (Å²) in [5, 5.41) is 7.99. The predicted octanol–water partition coefficient (Wildman–Crippen LogP) is 5.67. The minimum atomic E-state index is 0.257. The second-order valence-corrected chi connectivity index (χ2v) is 7.02. The maximum absolute atomic E-state index is 3.65. The molecule has 0 aliphatic rings. The van der Waals surface area contributed by atoms with Crippen molar-refractivity contribution in [1.29, 1.82) is 0 Å². The van der Waals surface area contributed by atoms with Gasteiger partial charge in [0.1, 0.15) is 0 Å². The molecule has 0 spiro atoms. The Morgan fingerprint density at radius 3 is 2.58 bits per heavy atom. The van der Waals surface area contributed by atoms with Crippen molar-refractivity contribution >= 4 is 43.2 Å². The van der Waals surface area contributed by atoms with Crippen LogP contribution in [0.3, 0.4) is 0 Å². The van der Waals surface area contributed by atoms with Crippen LogP contribution in [0.4, 0.5) is 0 Å². The van der Waals surface area contributed by atoms with E-state index in [9.17, 15) is 0 Å². The van der Waals surface area contributed by atoms with Crippen LogP contribution in [-0.2, 0) is 0 Å². The van der Waals surface area contributed by atoms with Crippen molar-refractivity contribution in [3.05, 3.63) is 54.6 Å². The molecule has 1 heterocycles. The van der Waals surface area contributed by atoms with E-state index < -0.39 is 0 Å². The first kappa shape index (κ1) is 15.2. The van der Waals surface area contributed by atoms with Crippen LogP contribution < -0.4 is 5.32 Å². The van der Waals surface area contributed by atoms with Crippen molar-refractivity contribution in [2.45, 2.75) is 26.3 Å². The van der Waals surface area contributed by atoms with E-state index in [0.29, 0.717) is 0 Å². The number of hydrogen-bond donors (Lipinski definition) is 1. The lowest BCUT2D eigenvalue weighted by molar-refractivity contribution is 0.598. The van der Waals surface area contributed by atoms with Crippen LogP contribution in [0, 0.1) is 6.92 Å². The quantitative estimate of drug-likeness (QED) is 0.679. The molecule has 102 valence electrons. The van der Waals surface area contributed by atoms with Gasteiger partial charge in [0.25, 0.3) is 0 Å². The van der Waals surface area contributed by atoms with Crippen LogP contribution in [-0.4, -0.2) is 6.54 Å². The first-order valence-corrected chi connectivity index (χ1v) is 8.87. The highest BCUT2D eigenvalue weighted by atomic mass is 79.9. The van der Waals surface area contributed by atoms with Crippen molar-refractivity contribution in [2.75, 3.05) is 6.54 Å². The summed E-state index contributed by atoms with van der Waals surface area (Å²) >= 11 is 8.95. The minimum absolute atomic E-state index is 0.257. The fraction of sp³-hybridized carbons (Fsp3) is 0.333. The smallest absolute Gasteiger partial charge is 0.0596 e.